The second-order valence-corrected chi connectivity index (χ2v) is 10.5. The van der Waals surface area contributed by atoms with Crippen LogP contribution in [0.4, 0.5) is 10.1 Å². The van der Waals surface area contributed by atoms with Gasteiger partial charge in [0.2, 0.25) is 5.69 Å². The van der Waals surface area contributed by atoms with Gasteiger partial charge in [0.1, 0.15) is 11.5 Å². The van der Waals surface area contributed by atoms with E-state index in [0.717, 1.165) is 22.2 Å². The molecule has 0 unspecified atom stereocenters. The lowest BCUT2D eigenvalue weighted by Crippen LogP contribution is -2.35. The van der Waals surface area contributed by atoms with Crippen LogP contribution in [-0.4, -0.2) is 38.7 Å². The minimum Gasteiger partial charge on any atom is -0.336 e. The van der Waals surface area contributed by atoms with E-state index >= 15 is 0 Å². The van der Waals surface area contributed by atoms with Gasteiger partial charge in [0, 0.05) is 36.0 Å². The number of carbonyl (C=O) groups is 1. The normalized spacial score (nSPS) is 21.5. The number of halogens is 1. The largest absolute Gasteiger partial charge is 0.336 e. The number of likely N-dealkylation sites (tertiary alicyclic amines) is 1. The van der Waals surface area contributed by atoms with Crippen LogP contribution in [0.2, 0.25) is 0 Å². The first-order chi connectivity index (χ1) is 19.0. The molecule has 0 N–H and O–H groups in total. The molecule has 0 bridgehead atoms. The zero-order valence-corrected chi connectivity index (χ0v) is 21.3. The van der Waals surface area contributed by atoms with Gasteiger partial charge < -0.3 is 4.90 Å². The number of benzene rings is 3. The quantitative estimate of drug-likeness (QED) is 0.268. The zero-order valence-electron chi connectivity index (χ0n) is 21.3. The number of hydrogen-bond acceptors (Lipinski definition) is 3. The minimum absolute atomic E-state index is 0.104. The number of amides is 1. The third-order valence-corrected chi connectivity index (χ3v) is 8.41. The topological polar surface area (TPSA) is 55.4 Å². The third-order valence-electron chi connectivity index (χ3n) is 8.41. The molecule has 2 fully saturated rings. The lowest BCUT2D eigenvalue weighted by Gasteiger charge is -2.25. The highest BCUT2D eigenvalue weighted by Gasteiger charge is 2.71. The van der Waals surface area contributed by atoms with Gasteiger partial charge in [-0.1, -0.05) is 36.4 Å². The number of rotatable bonds is 4. The number of hydrogen-bond donors (Lipinski definition) is 0. The van der Waals surface area contributed by atoms with Crippen LogP contribution in [0, 0.1) is 25.2 Å². The lowest BCUT2D eigenvalue weighted by atomic mass is 9.86. The van der Waals surface area contributed by atoms with E-state index in [0.29, 0.717) is 30.4 Å². The summed E-state index contributed by atoms with van der Waals surface area (Å²) in [6.07, 6.45) is 3.31. The van der Waals surface area contributed by atoms with E-state index < -0.39 is 0 Å². The van der Waals surface area contributed by atoms with Crippen LogP contribution in [0.15, 0.2) is 91.3 Å². The standard InChI is InChI=1S/C32H24FN5O/c1-20-14-29-22(16-36-38(29)25-11-8-23(33)9-12-25)15-26(20)32-19-37(31(39)28-13-10-24(34-2)17-35-28)18-27(32)30(32)21-6-4-3-5-7-21/h3-17,27,30H,18-19H2,1H3/t27-,30-,32+/m0/s1. The molecule has 1 saturated carbocycles. The molecule has 7 rings (SSSR count). The van der Waals surface area contributed by atoms with Crippen molar-refractivity contribution in [2.24, 2.45) is 5.92 Å². The fourth-order valence-corrected chi connectivity index (χ4v) is 6.63. The number of aromatic nitrogens is 3. The van der Waals surface area contributed by atoms with Crippen molar-refractivity contribution in [3.8, 4) is 5.69 Å². The van der Waals surface area contributed by atoms with Gasteiger partial charge >= 0.3 is 0 Å². The van der Waals surface area contributed by atoms with Gasteiger partial charge in [0.15, 0.2) is 0 Å². The first-order valence-corrected chi connectivity index (χ1v) is 12.9. The molecule has 3 atom stereocenters. The van der Waals surface area contributed by atoms with Crippen molar-refractivity contribution in [3.63, 3.8) is 0 Å². The van der Waals surface area contributed by atoms with Crippen molar-refractivity contribution in [1.82, 2.24) is 19.7 Å². The van der Waals surface area contributed by atoms with Gasteiger partial charge in [-0.2, -0.15) is 5.10 Å². The van der Waals surface area contributed by atoms with E-state index in [2.05, 4.69) is 58.2 Å². The van der Waals surface area contributed by atoms with Crippen LogP contribution in [0.25, 0.3) is 21.4 Å². The third kappa shape index (κ3) is 3.56. The number of carbonyl (C=O) groups excluding carboxylic acids is 1. The van der Waals surface area contributed by atoms with Crippen molar-refractivity contribution in [1.29, 1.82) is 0 Å². The Kier molecular flexibility index (Phi) is 5.14. The van der Waals surface area contributed by atoms with E-state index in [4.69, 9.17) is 6.57 Å². The lowest BCUT2D eigenvalue weighted by molar-refractivity contribution is 0.0763. The van der Waals surface area contributed by atoms with Gasteiger partial charge in [-0.3, -0.25) is 9.78 Å². The molecule has 1 amide bonds. The molecule has 190 valence electrons. The average molecular weight is 514 g/mol. The molecule has 2 aliphatic rings. The van der Waals surface area contributed by atoms with Gasteiger partial charge in [0.25, 0.3) is 5.91 Å². The molecule has 2 aromatic heterocycles. The Labute approximate surface area is 225 Å². The molecule has 1 aliphatic heterocycles. The van der Waals surface area contributed by atoms with Crippen molar-refractivity contribution in [2.75, 3.05) is 13.1 Å². The van der Waals surface area contributed by atoms with E-state index in [-0.39, 0.29) is 23.1 Å². The minimum atomic E-state index is -0.280. The highest BCUT2D eigenvalue weighted by Crippen LogP contribution is 2.69. The van der Waals surface area contributed by atoms with Crippen LogP contribution in [0.1, 0.15) is 33.1 Å². The van der Waals surface area contributed by atoms with Crippen molar-refractivity contribution in [3.05, 3.63) is 131 Å². The second kappa shape index (κ2) is 8.60. The number of pyridine rings is 1. The van der Waals surface area contributed by atoms with E-state index in [9.17, 15) is 9.18 Å². The molecule has 5 aromatic rings. The maximum Gasteiger partial charge on any atom is 0.272 e. The van der Waals surface area contributed by atoms with E-state index in [1.165, 1.54) is 29.5 Å². The Bertz CT molecular complexity index is 1770. The molecule has 1 saturated heterocycles. The fourth-order valence-electron chi connectivity index (χ4n) is 6.63. The Morgan fingerprint density at radius 3 is 2.56 bits per heavy atom. The van der Waals surface area contributed by atoms with Crippen molar-refractivity contribution < 1.29 is 9.18 Å². The van der Waals surface area contributed by atoms with Crippen LogP contribution in [-0.2, 0) is 5.41 Å². The second-order valence-electron chi connectivity index (χ2n) is 10.5. The number of piperidine rings is 1. The van der Waals surface area contributed by atoms with Crippen LogP contribution < -0.4 is 0 Å². The number of fused-ring (bicyclic) bond motifs is 2. The number of nitrogens with zero attached hydrogens (tertiary/aromatic N) is 5. The zero-order chi connectivity index (χ0) is 26.7. The highest BCUT2D eigenvalue weighted by molar-refractivity contribution is 5.93. The van der Waals surface area contributed by atoms with E-state index in [1.54, 1.807) is 24.3 Å². The summed E-state index contributed by atoms with van der Waals surface area (Å²) in [5.74, 6) is 0.211. The summed E-state index contributed by atoms with van der Waals surface area (Å²) in [5, 5.41) is 5.62. The van der Waals surface area contributed by atoms with Crippen LogP contribution in [0.3, 0.4) is 0 Å². The van der Waals surface area contributed by atoms with Crippen LogP contribution in [0.5, 0.6) is 0 Å². The average Bonchev–Trinajstić information content (AvgIpc) is 3.23. The summed E-state index contributed by atoms with van der Waals surface area (Å²) < 4.78 is 15.4. The smallest absolute Gasteiger partial charge is 0.272 e. The predicted octanol–water partition coefficient (Wildman–Crippen LogP) is 6.23. The first-order valence-electron chi connectivity index (χ1n) is 12.9. The Morgan fingerprint density at radius 2 is 1.85 bits per heavy atom. The molecule has 3 heterocycles. The molecule has 0 radical (unpaired) electrons. The number of aryl methyl sites for hydroxylation is 1. The first kappa shape index (κ1) is 23.3. The SMILES string of the molecule is [C-]#[N+]c1ccc(C(=O)N2C[C@H]3[C@H](c4ccccc4)[C@@]3(c3cc4cnn(-c5ccc(F)cc5)c4cc3C)C2)nc1. The maximum atomic E-state index is 13.5. The molecule has 0 spiro atoms. The summed E-state index contributed by atoms with van der Waals surface area (Å²) in [4.78, 5) is 23.0. The van der Waals surface area contributed by atoms with Gasteiger partial charge in [-0.05, 0) is 72.0 Å². The molecule has 3 aromatic carbocycles. The summed E-state index contributed by atoms with van der Waals surface area (Å²) in [6, 6.07) is 24.5. The van der Waals surface area contributed by atoms with Crippen molar-refractivity contribution >= 4 is 22.5 Å². The Hall–Kier alpha value is -4.83. The van der Waals surface area contributed by atoms with E-state index in [1.807, 2.05) is 21.8 Å². The molecule has 7 heteroatoms. The monoisotopic (exact) mass is 513 g/mol. The van der Waals surface area contributed by atoms with Gasteiger partial charge in [-0.15, -0.1) is 0 Å². The molecule has 1 aliphatic carbocycles. The summed E-state index contributed by atoms with van der Waals surface area (Å²) >= 11 is 0. The maximum absolute atomic E-state index is 13.5. The summed E-state index contributed by atoms with van der Waals surface area (Å²) in [7, 11) is 0. The Balaban J connectivity index is 1.29. The molecule has 39 heavy (non-hydrogen) atoms. The summed E-state index contributed by atoms with van der Waals surface area (Å²) in [5.41, 5.74) is 6.01. The van der Waals surface area contributed by atoms with Gasteiger partial charge in [0.05, 0.1) is 24.0 Å². The Morgan fingerprint density at radius 1 is 1.05 bits per heavy atom. The molecular formula is C32H24FN5O. The van der Waals surface area contributed by atoms with Crippen molar-refractivity contribution in [2.45, 2.75) is 18.3 Å². The van der Waals surface area contributed by atoms with Gasteiger partial charge in [-0.25, -0.2) is 13.9 Å². The fraction of sp³-hybridized carbons (Fsp3) is 0.188. The molecule has 6 nitrogen and oxygen atoms in total. The molecular weight excluding hydrogens is 489 g/mol. The van der Waals surface area contributed by atoms with Crippen LogP contribution >= 0.6 is 0 Å². The summed E-state index contributed by atoms with van der Waals surface area (Å²) in [6.45, 7) is 10.5. The highest BCUT2D eigenvalue weighted by atomic mass is 19.1. The predicted molar refractivity (Wildman–Crippen MR) is 147 cm³/mol.